The standard InChI is InChI=1S/C21H21BrClFN2O2/c1-4-27-21-19(24)20(15-10-13(2)9-14(3)11-15)25-26(21)7-8-28-18-6-5-16(22)12-17(18)23/h5-6,9-12H,4,7-8H2,1-3H3. The van der Waals surface area contributed by atoms with Crippen LogP contribution in [-0.2, 0) is 6.54 Å². The third kappa shape index (κ3) is 4.67. The van der Waals surface area contributed by atoms with Crippen molar-refractivity contribution < 1.29 is 13.9 Å². The molecule has 148 valence electrons. The topological polar surface area (TPSA) is 36.3 Å². The first kappa shape index (κ1) is 20.7. The van der Waals surface area contributed by atoms with Crippen LogP contribution in [0.5, 0.6) is 11.6 Å². The van der Waals surface area contributed by atoms with E-state index in [4.69, 9.17) is 21.1 Å². The summed E-state index contributed by atoms with van der Waals surface area (Å²) in [7, 11) is 0. The summed E-state index contributed by atoms with van der Waals surface area (Å²) in [6.45, 7) is 6.70. The zero-order valence-electron chi connectivity index (χ0n) is 15.9. The molecule has 0 N–H and O–H groups in total. The van der Waals surface area contributed by atoms with Gasteiger partial charge in [-0.2, -0.15) is 9.49 Å². The van der Waals surface area contributed by atoms with E-state index in [1.54, 1.807) is 12.1 Å². The molecule has 1 heterocycles. The smallest absolute Gasteiger partial charge is 0.249 e. The Balaban J connectivity index is 1.83. The molecule has 1 aromatic heterocycles. The molecule has 3 rings (SSSR count). The average molecular weight is 468 g/mol. The van der Waals surface area contributed by atoms with E-state index in [0.717, 1.165) is 21.2 Å². The predicted octanol–water partition coefficient (Wildman–Crippen LogP) is 6.20. The molecule has 0 spiro atoms. The first-order chi connectivity index (χ1) is 13.4. The molecule has 0 bridgehead atoms. The van der Waals surface area contributed by atoms with E-state index in [1.165, 1.54) is 4.68 Å². The third-order valence-corrected chi connectivity index (χ3v) is 4.87. The third-order valence-electron chi connectivity index (χ3n) is 4.08. The Hall–Kier alpha value is -2.05. The molecule has 0 unspecified atom stereocenters. The number of hydrogen-bond acceptors (Lipinski definition) is 3. The van der Waals surface area contributed by atoms with Crippen LogP contribution >= 0.6 is 27.5 Å². The molecule has 0 amide bonds. The van der Waals surface area contributed by atoms with E-state index in [9.17, 15) is 0 Å². The quantitative estimate of drug-likeness (QED) is 0.415. The van der Waals surface area contributed by atoms with Gasteiger partial charge in [0.1, 0.15) is 18.1 Å². The molecule has 2 aromatic carbocycles. The Labute approximate surface area is 177 Å². The fourth-order valence-corrected chi connectivity index (χ4v) is 3.71. The Morgan fingerprint density at radius 2 is 1.82 bits per heavy atom. The van der Waals surface area contributed by atoms with Gasteiger partial charge < -0.3 is 9.47 Å². The van der Waals surface area contributed by atoms with Crippen molar-refractivity contribution in [2.75, 3.05) is 13.2 Å². The Morgan fingerprint density at radius 3 is 2.46 bits per heavy atom. The van der Waals surface area contributed by atoms with E-state index in [0.29, 0.717) is 23.9 Å². The van der Waals surface area contributed by atoms with Crippen molar-refractivity contribution in [3.63, 3.8) is 0 Å². The van der Waals surface area contributed by atoms with Crippen LogP contribution in [0.2, 0.25) is 5.02 Å². The average Bonchev–Trinajstić information content (AvgIpc) is 2.93. The minimum atomic E-state index is -0.464. The fraction of sp³-hybridized carbons (Fsp3) is 0.286. The summed E-state index contributed by atoms with van der Waals surface area (Å²) in [6, 6.07) is 11.2. The molecule has 0 aliphatic heterocycles. The van der Waals surface area contributed by atoms with Crippen LogP contribution in [0.25, 0.3) is 11.3 Å². The SMILES string of the molecule is CCOc1c(F)c(-c2cc(C)cc(C)c2)nn1CCOc1ccc(Br)cc1Cl. The molecule has 0 aliphatic carbocycles. The van der Waals surface area contributed by atoms with Crippen molar-refractivity contribution in [1.29, 1.82) is 0 Å². The summed E-state index contributed by atoms with van der Waals surface area (Å²) in [4.78, 5) is 0. The Kier molecular flexibility index (Phi) is 6.62. The molecule has 4 nitrogen and oxygen atoms in total. The second-order valence-electron chi connectivity index (χ2n) is 6.42. The number of aromatic nitrogens is 2. The Bertz CT molecular complexity index is 971. The first-order valence-corrected chi connectivity index (χ1v) is 10.1. The number of halogens is 3. The molecular weight excluding hydrogens is 447 g/mol. The molecule has 0 saturated heterocycles. The normalized spacial score (nSPS) is 10.9. The largest absolute Gasteiger partial charge is 0.490 e. The van der Waals surface area contributed by atoms with Gasteiger partial charge >= 0.3 is 0 Å². The zero-order chi connectivity index (χ0) is 20.3. The van der Waals surface area contributed by atoms with Crippen LogP contribution in [0.15, 0.2) is 40.9 Å². The highest BCUT2D eigenvalue weighted by Crippen LogP contribution is 2.31. The highest BCUT2D eigenvalue weighted by atomic mass is 79.9. The van der Waals surface area contributed by atoms with Gasteiger partial charge in [-0.05, 0) is 51.1 Å². The molecule has 28 heavy (non-hydrogen) atoms. The second-order valence-corrected chi connectivity index (χ2v) is 7.75. The highest BCUT2D eigenvalue weighted by Gasteiger charge is 2.21. The Morgan fingerprint density at radius 1 is 1.11 bits per heavy atom. The lowest BCUT2D eigenvalue weighted by Gasteiger charge is -2.10. The van der Waals surface area contributed by atoms with E-state index >= 15 is 4.39 Å². The molecule has 0 aliphatic rings. The summed E-state index contributed by atoms with van der Waals surface area (Å²) in [6.07, 6.45) is 0. The minimum absolute atomic E-state index is 0.113. The van der Waals surface area contributed by atoms with Crippen LogP contribution < -0.4 is 9.47 Å². The maximum atomic E-state index is 15.0. The number of benzene rings is 2. The summed E-state index contributed by atoms with van der Waals surface area (Å²) in [5.74, 6) is 0.209. The van der Waals surface area contributed by atoms with Crippen molar-refractivity contribution >= 4 is 27.5 Å². The number of hydrogen-bond donors (Lipinski definition) is 0. The van der Waals surface area contributed by atoms with Gasteiger partial charge in [0, 0.05) is 10.0 Å². The van der Waals surface area contributed by atoms with Gasteiger partial charge in [-0.25, -0.2) is 4.68 Å². The molecule has 7 heteroatoms. The van der Waals surface area contributed by atoms with Crippen LogP contribution in [0.1, 0.15) is 18.1 Å². The molecule has 3 aromatic rings. The van der Waals surface area contributed by atoms with Crippen LogP contribution in [-0.4, -0.2) is 23.0 Å². The van der Waals surface area contributed by atoms with Gasteiger partial charge in [-0.3, -0.25) is 0 Å². The predicted molar refractivity (Wildman–Crippen MR) is 113 cm³/mol. The first-order valence-electron chi connectivity index (χ1n) is 8.94. The van der Waals surface area contributed by atoms with Gasteiger partial charge in [-0.1, -0.05) is 44.7 Å². The summed E-state index contributed by atoms with van der Waals surface area (Å²) >= 11 is 9.53. The lowest BCUT2D eigenvalue weighted by molar-refractivity contribution is 0.253. The molecular formula is C21H21BrClFN2O2. The van der Waals surface area contributed by atoms with Gasteiger partial charge in [0.15, 0.2) is 0 Å². The summed E-state index contributed by atoms with van der Waals surface area (Å²) < 4.78 is 28.6. The van der Waals surface area contributed by atoms with Crippen LogP contribution in [0.4, 0.5) is 4.39 Å². The van der Waals surface area contributed by atoms with Gasteiger partial charge in [-0.15, -0.1) is 0 Å². The highest BCUT2D eigenvalue weighted by molar-refractivity contribution is 9.10. The van der Waals surface area contributed by atoms with Crippen LogP contribution in [0.3, 0.4) is 0 Å². The number of aryl methyl sites for hydroxylation is 2. The van der Waals surface area contributed by atoms with Crippen molar-refractivity contribution in [3.8, 4) is 22.9 Å². The second kappa shape index (κ2) is 8.97. The van der Waals surface area contributed by atoms with Gasteiger partial charge in [0.2, 0.25) is 11.7 Å². The number of rotatable bonds is 7. The van der Waals surface area contributed by atoms with E-state index < -0.39 is 5.82 Å². The molecule has 0 radical (unpaired) electrons. The van der Waals surface area contributed by atoms with E-state index in [2.05, 4.69) is 21.0 Å². The van der Waals surface area contributed by atoms with Crippen molar-refractivity contribution in [2.24, 2.45) is 0 Å². The number of ether oxygens (including phenoxy) is 2. The minimum Gasteiger partial charge on any atom is -0.490 e. The lowest BCUT2D eigenvalue weighted by atomic mass is 10.1. The van der Waals surface area contributed by atoms with Crippen molar-refractivity contribution in [1.82, 2.24) is 9.78 Å². The van der Waals surface area contributed by atoms with Crippen LogP contribution in [0, 0.1) is 19.7 Å². The van der Waals surface area contributed by atoms with Gasteiger partial charge in [0.25, 0.3) is 0 Å². The molecule has 0 saturated carbocycles. The van der Waals surface area contributed by atoms with E-state index in [-0.39, 0.29) is 18.2 Å². The fourth-order valence-electron chi connectivity index (χ4n) is 2.98. The molecule has 0 atom stereocenters. The van der Waals surface area contributed by atoms with E-state index in [1.807, 2.05) is 45.0 Å². The lowest BCUT2D eigenvalue weighted by Crippen LogP contribution is -2.12. The zero-order valence-corrected chi connectivity index (χ0v) is 18.3. The maximum absolute atomic E-state index is 15.0. The summed E-state index contributed by atoms with van der Waals surface area (Å²) in [5.41, 5.74) is 3.11. The van der Waals surface area contributed by atoms with Crippen molar-refractivity contribution in [3.05, 3.63) is 62.8 Å². The van der Waals surface area contributed by atoms with Crippen molar-refractivity contribution in [2.45, 2.75) is 27.3 Å². The summed E-state index contributed by atoms with van der Waals surface area (Å²) in [5, 5.41) is 4.95. The maximum Gasteiger partial charge on any atom is 0.249 e. The molecule has 0 fully saturated rings. The monoisotopic (exact) mass is 466 g/mol. The van der Waals surface area contributed by atoms with Gasteiger partial charge in [0.05, 0.1) is 18.2 Å². The number of nitrogens with zero attached hydrogens (tertiary/aromatic N) is 2.